The van der Waals surface area contributed by atoms with E-state index in [1.807, 2.05) is 152 Å². The topological polar surface area (TPSA) is 6.48 Å². The zero-order valence-corrected chi connectivity index (χ0v) is 33.7. The van der Waals surface area contributed by atoms with E-state index in [1.54, 1.807) is 0 Å². The fraction of sp³-hybridized carbons (Fsp3) is 0.351. The zero-order valence-electron chi connectivity index (χ0n) is 28.0. The SMILES string of the molecule is CC.CC.CC.CC.CN(C)CN(C)C.[Y].[Y].[c-]1ccccc1-c1[c-]cccc1.[c-]1ccccc1-c1[c-]cccc1. The maximum atomic E-state index is 3.15. The Hall–Kier alpha value is -0.992. The van der Waals surface area contributed by atoms with E-state index in [2.05, 4.69) is 62.3 Å². The van der Waals surface area contributed by atoms with E-state index in [-0.39, 0.29) is 65.4 Å². The van der Waals surface area contributed by atoms with E-state index in [4.69, 9.17) is 0 Å². The molecule has 0 heterocycles. The van der Waals surface area contributed by atoms with Crippen LogP contribution in [-0.2, 0) is 65.4 Å². The van der Waals surface area contributed by atoms with Crippen LogP contribution in [0.25, 0.3) is 22.3 Å². The van der Waals surface area contributed by atoms with Crippen molar-refractivity contribution in [1.82, 2.24) is 9.80 Å². The van der Waals surface area contributed by atoms with Gasteiger partial charge >= 0.3 is 0 Å². The van der Waals surface area contributed by atoms with E-state index in [0.717, 1.165) is 28.9 Å². The van der Waals surface area contributed by atoms with Crippen molar-refractivity contribution in [2.45, 2.75) is 55.4 Å². The number of rotatable bonds is 4. The van der Waals surface area contributed by atoms with Crippen LogP contribution in [0.5, 0.6) is 0 Å². The van der Waals surface area contributed by atoms with Crippen molar-refractivity contribution in [3.63, 3.8) is 0 Å². The summed E-state index contributed by atoms with van der Waals surface area (Å²) in [5.41, 5.74) is 4.38. The molecule has 0 aliphatic rings. The van der Waals surface area contributed by atoms with Gasteiger partial charge in [-0.15, -0.1) is 24.3 Å². The van der Waals surface area contributed by atoms with Gasteiger partial charge in [-0.3, -0.25) is 9.80 Å². The Morgan fingerprint density at radius 1 is 0.390 bits per heavy atom. The zero-order chi connectivity index (χ0) is 30.3. The molecule has 0 unspecified atom stereocenters. The van der Waals surface area contributed by atoms with Gasteiger partial charge in [-0.2, -0.15) is 97.1 Å². The van der Waals surface area contributed by atoms with E-state index in [9.17, 15) is 0 Å². The number of benzene rings is 4. The van der Waals surface area contributed by atoms with E-state index in [0.29, 0.717) is 0 Å². The minimum Gasteiger partial charge on any atom is -0.297 e. The summed E-state index contributed by atoms with van der Waals surface area (Å²) in [6.45, 7) is 17.0. The molecule has 41 heavy (non-hydrogen) atoms. The molecule has 4 heteroatoms. The van der Waals surface area contributed by atoms with Crippen molar-refractivity contribution in [2.75, 3.05) is 34.9 Å². The van der Waals surface area contributed by atoms with Gasteiger partial charge in [0.2, 0.25) is 0 Å². The molecule has 0 N–H and O–H groups in total. The predicted octanol–water partition coefficient (Wildman–Crippen LogP) is 10.1. The Kier molecular flexibility index (Phi) is 47.3. The molecule has 0 saturated heterocycles. The number of hydrogen-bond donors (Lipinski definition) is 0. The molecule has 0 saturated carbocycles. The van der Waals surface area contributed by atoms with Gasteiger partial charge in [-0.05, 0) is 28.2 Å². The molecule has 4 aromatic rings. The number of hydrogen-bond acceptors (Lipinski definition) is 2. The molecule has 0 spiro atoms. The second-order valence-corrected chi connectivity index (χ2v) is 7.41. The summed E-state index contributed by atoms with van der Waals surface area (Å²) in [6, 6.07) is 44.3. The second-order valence-electron chi connectivity index (χ2n) is 7.41. The molecule has 0 aromatic heterocycles. The van der Waals surface area contributed by atoms with Crippen LogP contribution in [0.1, 0.15) is 55.4 Å². The van der Waals surface area contributed by atoms with E-state index < -0.39 is 0 Å². The Bertz CT molecular complexity index is 791. The van der Waals surface area contributed by atoms with Crippen LogP contribution in [-0.4, -0.2) is 44.7 Å². The summed E-state index contributed by atoms with van der Waals surface area (Å²) in [5.74, 6) is 0. The van der Waals surface area contributed by atoms with Crippen molar-refractivity contribution in [1.29, 1.82) is 0 Å². The minimum atomic E-state index is 0. The third-order valence-electron chi connectivity index (χ3n) is 3.98. The average molecular weight is 705 g/mol. The predicted molar refractivity (Wildman–Crippen MR) is 177 cm³/mol. The normalized spacial score (nSPS) is 8.15. The van der Waals surface area contributed by atoms with Gasteiger partial charge in [0.25, 0.3) is 0 Å². The van der Waals surface area contributed by atoms with Crippen molar-refractivity contribution in [3.8, 4) is 22.3 Å². The number of nitrogens with zero attached hydrogens (tertiary/aromatic N) is 2. The molecular formula is C37H54N2Y2-4. The van der Waals surface area contributed by atoms with Crippen molar-refractivity contribution in [3.05, 3.63) is 121 Å². The summed E-state index contributed by atoms with van der Waals surface area (Å²) in [6.07, 6.45) is 0. The monoisotopic (exact) mass is 704 g/mol. The van der Waals surface area contributed by atoms with Gasteiger partial charge in [0.15, 0.2) is 0 Å². The van der Waals surface area contributed by atoms with E-state index in [1.165, 1.54) is 0 Å². The van der Waals surface area contributed by atoms with Crippen molar-refractivity contribution < 1.29 is 65.4 Å². The molecule has 222 valence electrons. The largest absolute Gasteiger partial charge is 0.297 e. The van der Waals surface area contributed by atoms with Crippen LogP contribution in [0.4, 0.5) is 0 Å². The van der Waals surface area contributed by atoms with Crippen LogP contribution in [0, 0.1) is 24.3 Å². The summed E-state index contributed by atoms with van der Waals surface area (Å²) < 4.78 is 0. The summed E-state index contributed by atoms with van der Waals surface area (Å²) in [4.78, 5) is 4.25. The van der Waals surface area contributed by atoms with Crippen LogP contribution < -0.4 is 0 Å². The van der Waals surface area contributed by atoms with E-state index >= 15 is 0 Å². The van der Waals surface area contributed by atoms with Crippen molar-refractivity contribution in [2.24, 2.45) is 0 Å². The smallest absolute Gasteiger partial charge is 0.0495 e. The Morgan fingerprint density at radius 3 is 0.683 bits per heavy atom. The maximum absolute atomic E-state index is 3.15. The Balaban J connectivity index is -0.000000141. The maximum Gasteiger partial charge on any atom is 0.0495 e. The van der Waals surface area contributed by atoms with Gasteiger partial charge in [-0.1, -0.05) is 55.4 Å². The quantitative estimate of drug-likeness (QED) is 0.154. The van der Waals surface area contributed by atoms with Crippen LogP contribution >= 0.6 is 0 Å². The summed E-state index contributed by atoms with van der Waals surface area (Å²) >= 11 is 0. The standard InChI is InChI=1S/2C12H8.C5H14N2.4C2H6.2Y/c2*1-3-7-11(8-4-1)12-9-5-2-6-10-12;1-6(2)5-7(3)4;4*1-2;;/h2*1-7,9H;5H2,1-4H3;4*1-2H3;;/q2*-2;;;;;;;. The molecule has 2 radical (unpaired) electrons. The van der Waals surface area contributed by atoms with Gasteiger partial charge in [0.05, 0.1) is 0 Å². The molecule has 0 atom stereocenters. The molecule has 0 aliphatic heterocycles. The first-order valence-electron chi connectivity index (χ1n) is 14.2. The van der Waals surface area contributed by atoms with Gasteiger partial charge in [0, 0.05) is 72.1 Å². The molecule has 2 nitrogen and oxygen atoms in total. The molecule has 4 rings (SSSR count). The van der Waals surface area contributed by atoms with Crippen LogP contribution in [0.15, 0.2) is 97.1 Å². The van der Waals surface area contributed by atoms with Gasteiger partial charge in [0.1, 0.15) is 0 Å². The Morgan fingerprint density at radius 2 is 0.585 bits per heavy atom. The Labute approximate surface area is 306 Å². The van der Waals surface area contributed by atoms with Gasteiger partial charge < -0.3 is 0 Å². The van der Waals surface area contributed by atoms with Crippen LogP contribution in [0.2, 0.25) is 0 Å². The molecule has 0 amide bonds. The fourth-order valence-electron chi connectivity index (χ4n) is 2.81. The second kappa shape index (κ2) is 39.0. The first-order chi connectivity index (χ1) is 19.1. The summed E-state index contributed by atoms with van der Waals surface area (Å²) in [7, 11) is 8.22. The summed E-state index contributed by atoms with van der Waals surface area (Å²) in [5, 5.41) is 0. The molecule has 0 fully saturated rings. The fourth-order valence-corrected chi connectivity index (χ4v) is 2.81. The third kappa shape index (κ3) is 28.9. The average Bonchev–Trinajstić information content (AvgIpc) is 3.03. The van der Waals surface area contributed by atoms with Crippen molar-refractivity contribution >= 4 is 0 Å². The molecule has 4 aromatic carbocycles. The minimum absolute atomic E-state index is 0. The first kappa shape index (κ1) is 49.7. The molecular weight excluding hydrogens is 650 g/mol. The van der Waals surface area contributed by atoms with Gasteiger partial charge in [-0.25, -0.2) is 22.3 Å². The third-order valence-corrected chi connectivity index (χ3v) is 3.98. The molecule has 0 aliphatic carbocycles. The molecule has 0 bridgehead atoms. The van der Waals surface area contributed by atoms with Crippen LogP contribution in [0.3, 0.4) is 0 Å². The first-order valence-corrected chi connectivity index (χ1v) is 14.2.